The fraction of sp³-hybridized carbons (Fsp3) is 0.263. The molecule has 0 aliphatic heterocycles. The standard InChI is InChI=1S/C19H22N2O5S/c1-13-7-5-6-8-17(13)20-18(22)14(2)26-19(23)15-9-11-16(12-10-15)27(24,25)21(3)4/h5-12,14H,1-4H3,(H,20,22)/t14-/m1/s1. The van der Waals surface area contributed by atoms with Gasteiger partial charge in [0, 0.05) is 19.8 Å². The molecule has 7 nitrogen and oxygen atoms in total. The van der Waals surface area contributed by atoms with Crippen molar-refractivity contribution in [2.24, 2.45) is 0 Å². The van der Waals surface area contributed by atoms with E-state index in [1.165, 1.54) is 45.3 Å². The van der Waals surface area contributed by atoms with Crippen LogP contribution in [0.3, 0.4) is 0 Å². The van der Waals surface area contributed by atoms with Gasteiger partial charge >= 0.3 is 5.97 Å². The minimum atomic E-state index is -3.58. The topological polar surface area (TPSA) is 92.8 Å². The first-order valence-corrected chi connectivity index (χ1v) is 9.67. The fourth-order valence-electron chi connectivity index (χ4n) is 2.20. The molecule has 1 N–H and O–H groups in total. The van der Waals surface area contributed by atoms with Gasteiger partial charge < -0.3 is 10.1 Å². The quantitative estimate of drug-likeness (QED) is 0.765. The number of sulfonamides is 1. The van der Waals surface area contributed by atoms with Gasteiger partial charge in [-0.1, -0.05) is 18.2 Å². The molecule has 0 fully saturated rings. The molecule has 2 aromatic rings. The van der Waals surface area contributed by atoms with Crippen molar-refractivity contribution in [2.45, 2.75) is 24.8 Å². The Morgan fingerprint density at radius 1 is 1.04 bits per heavy atom. The first kappa shape index (κ1) is 20.6. The molecule has 0 spiro atoms. The van der Waals surface area contributed by atoms with Gasteiger partial charge in [-0.25, -0.2) is 17.5 Å². The first-order chi connectivity index (χ1) is 12.6. The number of ether oxygens (including phenoxy) is 1. The molecule has 0 aliphatic rings. The summed E-state index contributed by atoms with van der Waals surface area (Å²) >= 11 is 0. The SMILES string of the molecule is Cc1ccccc1NC(=O)[C@@H](C)OC(=O)c1ccc(S(=O)(=O)N(C)C)cc1. The van der Waals surface area contributed by atoms with E-state index < -0.39 is 28.0 Å². The van der Waals surface area contributed by atoms with Gasteiger partial charge in [0.25, 0.3) is 5.91 Å². The van der Waals surface area contributed by atoms with Gasteiger partial charge in [0.2, 0.25) is 10.0 Å². The van der Waals surface area contributed by atoms with Gasteiger partial charge in [-0.3, -0.25) is 4.79 Å². The van der Waals surface area contributed by atoms with Gasteiger partial charge in [-0.05, 0) is 49.7 Å². The van der Waals surface area contributed by atoms with Crippen molar-refractivity contribution in [1.29, 1.82) is 0 Å². The van der Waals surface area contributed by atoms with Crippen LogP contribution in [-0.2, 0) is 19.6 Å². The Balaban J connectivity index is 2.04. The van der Waals surface area contributed by atoms with Crippen LogP contribution in [0.25, 0.3) is 0 Å². The summed E-state index contributed by atoms with van der Waals surface area (Å²) < 4.78 is 30.3. The Hall–Kier alpha value is -2.71. The van der Waals surface area contributed by atoms with E-state index >= 15 is 0 Å². The highest BCUT2D eigenvalue weighted by Crippen LogP contribution is 2.16. The number of carbonyl (C=O) groups is 2. The third kappa shape index (κ3) is 4.93. The van der Waals surface area contributed by atoms with Crippen LogP contribution in [0.1, 0.15) is 22.8 Å². The second kappa shape index (κ2) is 8.32. The third-order valence-electron chi connectivity index (χ3n) is 3.92. The summed E-state index contributed by atoms with van der Waals surface area (Å²) in [6, 6.07) is 12.6. The Bertz CT molecular complexity index is 937. The number of carbonyl (C=O) groups excluding carboxylic acids is 2. The average molecular weight is 390 g/mol. The zero-order valence-corrected chi connectivity index (χ0v) is 16.4. The van der Waals surface area contributed by atoms with Crippen molar-refractivity contribution < 1.29 is 22.7 Å². The fourth-order valence-corrected chi connectivity index (χ4v) is 3.11. The summed E-state index contributed by atoms with van der Waals surface area (Å²) in [5.41, 5.74) is 1.69. The molecular weight excluding hydrogens is 368 g/mol. The molecule has 2 rings (SSSR count). The Morgan fingerprint density at radius 2 is 1.63 bits per heavy atom. The van der Waals surface area contributed by atoms with E-state index in [4.69, 9.17) is 4.74 Å². The molecule has 0 saturated carbocycles. The number of anilines is 1. The molecule has 0 saturated heterocycles. The molecule has 0 radical (unpaired) electrons. The molecule has 0 unspecified atom stereocenters. The van der Waals surface area contributed by atoms with Crippen molar-refractivity contribution in [3.05, 3.63) is 59.7 Å². The van der Waals surface area contributed by atoms with E-state index in [1.54, 1.807) is 12.1 Å². The number of esters is 1. The molecule has 0 heterocycles. The van der Waals surface area contributed by atoms with Crippen molar-refractivity contribution in [1.82, 2.24) is 4.31 Å². The smallest absolute Gasteiger partial charge is 0.338 e. The molecule has 8 heteroatoms. The summed E-state index contributed by atoms with van der Waals surface area (Å²) in [5.74, 6) is -1.17. The van der Waals surface area contributed by atoms with Gasteiger partial charge in [0.15, 0.2) is 6.10 Å². The van der Waals surface area contributed by atoms with E-state index in [9.17, 15) is 18.0 Å². The van der Waals surface area contributed by atoms with Crippen molar-refractivity contribution in [3.8, 4) is 0 Å². The maximum Gasteiger partial charge on any atom is 0.338 e. The second-order valence-electron chi connectivity index (χ2n) is 6.16. The maximum atomic E-state index is 12.2. The second-order valence-corrected chi connectivity index (χ2v) is 8.32. The normalized spacial score (nSPS) is 12.5. The van der Waals surface area contributed by atoms with E-state index in [0.29, 0.717) is 5.69 Å². The van der Waals surface area contributed by atoms with Gasteiger partial charge in [-0.2, -0.15) is 0 Å². The lowest BCUT2D eigenvalue weighted by Crippen LogP contribution is -2.30. The van der Waals surface area contributed by atoms with Crippen LogP contribution in [0.15, 0.2) is 53.4 Å². The van der Waals surface area contributed by atoms with E-state index in [1.807, 2.05) is 19.1 Å². The lowest BCUT2D eigenvalue weighted by atomic mass is 10.2. The predicted octanol–water partition coefficient (Wildman–Crippen LogP) is 2.43. The number of nitrogens with one attached hydrogen (secondary N) is 1. The van der Waals surface area contributed by atoms with E-state index in [-0.39, 0.29) is 10.5 Å². The molecule has 27 heavy (non-hydrogen) atoms. The number of benzene rings is 2. The molecule has 1 amide bonds. The summed E-state index contributed by atoms with van der Waals surface area (Å²) in [7, 11) is -0.732. The predicted molar refractivity (Wildman–Crippen MR) is 102 cm³/mol. The van der Waals surface area contributed by atoms with E-state index in [0.717, 1.165) is 9.87 Å². The number of para-hydroxylation sites is 1. The maximum absolute atomic E-state index is 12.2. The van der Waals surface area contributed by atoms with Gasteiger partial charge in [0.05, 0.1) is 10.5 Å². The van der Waals surface area contributed by atoms with Crippen molar-refractivity contribution >= 4 is 27.6 Å². The monoisotopic (exact) mass is 390 g/mol. The lowest BCUT2D eigenvalue weighted by molar-refractivity contribution is -0.123. The van der Waals surface area contributed by atoms with Crippen LogP contribution in [-0.4, -0.2) is 44.8 Å². The number of hydrogen-bond donors (Lipinski definition) is 1. The molecule has 0 aliphatic carbocycles. The summed E-state index contributed by atoms with van der Waals surface area (Å²) in [6.07, 6.45) is -1.01. The Labute approximate surface area is 159 Å². The minimum absolute atomic E-state index is 0.0643. The Morgan fingerprint density at radius 3 is 2.19 bits per heavy atom. The van der Waals surface area contributed by atoms with Crippen LogP contribution >= 0.6 is 0 Å². The molecular formula is C19H22N2O5S. The van der Waals surface area contributed by atoms with Crippen molar-refractivity contribution in [3.63, 3.8) is 0 Å². The largest absolute Gasteiger partial charge is 0.449 e. The first-order valence-electron chi connectivity index (χ1n) is 8.23. The summed E-state index contributed by atoms with van der Waals surface area (Å²) in [4.78, 5) is 24.5. The highest BCUT2D eigenvalue weighted by atomic mass is 32.2. The van der Waals surface area contributed by atoms with Crippen LogP contribution in [0, 0.1) is 6.92 Å². The van der Waals surface area contributed by atoms with Gasteiger partial charge in [-0.15, -0.1) is 0 Å². The number of amides is 1. The van der Waals surface area contributed by atoms with E-state index in [2.05, 4.69) is 5.32 Å². The highest BCUT2D eigenvalue weighted by molar-refractivity contribution is 7.89. The van der Waals surface area contributed by atoms with Crippen LogP contribution in [0.5, 0.6) is 0 Å². The highest BCUT2D eigenvalue weighted by Gasteiger charge is 2.21. The zero-order chi connectivity index (χ0) is 20.2. The minimum Gasteiger partial charge on any atom is -0.449 e. The number of nitrogens with zero attached hydrogens (tertiary/aromatic N) is 1. The van der Waals surface area contributed by atoms with Crippen molar-refractivity contribution in [2.75, 3.05) is 19.4 Å². The Kier molecular flexibility index (Phi) is 6.35. The molecule has 2 aromatic carbocycles. The average Bonchev–Trinajstić information content (AvgIpc) is 2.63. The third-order valence-corrected chi connectivity index (χ3v) is 5.75. The zero-order valence-electron chi connectivity index (χ0n) is 15.6. The number of rotatable bonds is 6. The molecule has 144 valence electrons. The summed E-state index contributed by atoms with van der Waals surface area (Å²) in [6.45, 7) is 3.33. The molecule has 0 aromatic heterocycles. The number of hydrogen-bond acceptors (Lipinski definition) is 5. The summed E-state index contributed by atoms with van der Waals surface area (Å²) in [5, 5.41) is 2.71. The van der Waals surface area contributed by atoms with Gasteiger partial charge in [0.1, 0.15) is 0 Å². The van der Waals surface area contributed by atoms with Crippen LogP contribution < -0.4 is 5.32 Å². The van der Waals surface area contributed by atoms with Crippen LogP contribution in [0.2, 0.25) is 0 Å². The molecule has 0 bridgehead atoms. The van der Waals surface area contributed by atoms with Crippen LogP contribution in [0.4, 0.5) is 5.69 Å². The lowest BCUT2D eigenvalue weighted by Gasteiger charge is -2.15. The molecule has 1 atom stereocenters. The number of aryl methyl sites for hydroxylation is 1.